The third kappa shape index (κ3) is 3.82. The van der Waals surface area contributed by atoms with E-state index in [2.05, 4.69) is 10.6 Å². The van der Waals surface area contributed by atoms with Crippen molar-refractivity contribution in [1.82, 2.24) is 0 Å². The Labute approximate surface area is 123 Å². The summed E-state index contributed by atoms with van der Waals surface area (Å²) in [5.41, 5.74) is 9.14. The van der Waals surface area contributed by atoms with Gasteiger partial charge in [-0.15, -0.1) is 0 Å². The Hall–Kier alpha value is -2.82. The molecule has 5 nitrogen and oxygen atoms in total. The van der Waals surface area contributed by atoms with Gasteiger partial charge < -0.3 is 16.4 Å². The van der Waals surface area contributed by atoms with E-state index in [1.54, 1.807) is 24.3 Å². The quantitative estimate of drug-likeness (QED) is 0.808. The number of urea groups is 1. The second kappa shape index (κ2) is 6.09. The van der Waals surface area contributed by atoms with Crippen LogP contribution in [0.5, 0.6) is 0 Å². The van der Waals surface area contributed by atoms with Gasteiger partial charge in [-0.25, -0.2) is 4.79 Å². The average molecular weight is 283 g/mol. The number of aryl methyl sites for hydroxylation is 2. The average Bonchev–Trinajstić information content (AvgIpc) is 2.43. The third-order valence-corrected chi connectivity index (χ3v) is 3.19. The lowest BCUT2D eigenvalue weighted by molar-refractivity contribution is 0.100. The maximum atomic E-state index is 11.9. The molecule has 0 aromatic heterocycles. The molecule has 0 unspecified atom stereocenters. The largest absolute Gasteiger partial charge is 0.366 e. The van der Waals surface area contributed by atoms with E-state index in [-0.39, 0.29) is 6.03 Å². The van der Waals surface area contributed by atoms with Crippen LogP contribution in [0.15, 0.2) is 42.5 Å². The molecule has 108 valence electrons. The molecule has 0 heterocycles. The van der Waals surface area contributed by atoms with E-state index in [0.717, 1.165) is 11.3 Å². The smallest absolute Gasteiger partial charge is 0.323 e. The Morgan fingerprint density at radius 3 is 2.00 bits per heavy atom. The third-order valence-electron chi connectivity index (χ3n) is 3.19. The number of amides is 3. The highest BCUT2D eigenvalue weighted by atomic mass is 16.2. The topological polar surface area (TPSA) is 84.2 Å². The minimum atomic E-state index is -0.499. The van der Waals surface area contributed by atoms with Crippen molar-refractivity contribution in [2.24, 2.45) is 5.73 Å². The molecular weight excluding hydrogens is 266 g/mol. The fourth-order valence-corrected chi connectivity index (χ4v) is 1.83. The van der Waals surface area contributed by atoms with Crippen molar-refractivity contribution in [1.29, 1.82) is 0 Å². The molecule has 4 N–H and O–H groups in total. The molecule has 0 saturated heterocycles. The van der Waals surface area contributed by atoms with Gasteiger partial charge in [-0.05, 0) is 61.4 Å². The van der Waals surface area contributed by atoms with E-state index in [4.69, 9.17) is 5.73 Å². The molecule has 2 rings (SSSR count). The van der Waals surface area contributed by atoms with Crippen molar-refractivity contribution in [3.8, 4) is 0 Å². The van der Waals surface area contributed by atoms with Gasteiger partial charge in [-0.1, -0.05) is 6.07 Å². The zero-order valence-corrected chi connectivity index (χ0v) is 11.9. The van der Waals surface area contributed by atoms with Gasteiger partial charge in [-0.2, -0.15) is 0 Å². The summed E-state index contributed by atoms with van der Waals surface area (Å²) in [4.78, 5) is 22.8. The van der Waals surface area contributed by atoms with Crippen LogP contribution in [-0.2, 0) is 0 Å². The number of rotatable bonds is 3. The summed E-state index contributed by atoms with van der Waals surface area (Å²) in [6, 6.07) is 11.7. The molecule has 0 aliphatic carbocycles. The van der Waals surface area contributed by atoms with Gasteiger partial charge in [0.05, 0.1) is 0 Å². The predicted octanol–water partition coefficient (Wildman–Crippen LogP) is 3.05. The SMILES string of the molecule is Cc1ccc(NC(=O)Nc2ccc(C(N)=O)cc2)cc1C. The fraction of sp³-hybridized carbons (Fsp3) is 0.125. The summed E-state index contributed by atoms with van der Waals surface area (Å²) in [6.07, 6.45) is 0. The molecule has 0 aliphatic rings. The fourth-order valence-electron chi connectivity index (χ4n) is 1.83. The van der Waals surface area contributed by atoms with Crippen LogP contribution in [0, 0.1) is 13.8 Å². The lowest BCUT2D eigenvalue weighted by Crippen LogP contribution is -2.19. The number of primary amides is 1. The highest BCUT2D eigenvalue weighted by molar-refractivity contribution is 6.00. The minimum Gasteiger partial charge on any atom is -0.366 e. The van der Waals surface area contributed by atoms with Crippen molar-refractivity contribution in [2.45, 2.75) is 13.8 Å². The molecule has 5 heteroatoms. The van der Waals surface area contributed by atoms with Gasteiger partial charge in [0.1, 0.15) is 0 Å². The Balaban J connectivity index is 2.01. The predicted molar refractivity (Wildman–Crippen MR) is 83.5 cm³/mol. The van der Waals surface area contributed by atoms with Crippen LogP contribution in [0.2, 0.25) is 0 Å². The van der Waals surface area contributed by atoms with Crippen LogP contribution in [0.4, 0.5) is 16.2 Å². The summed E-state index contributed by atoms with van der Waals surface area (Å²) >= 11 is 0. The molecule has 0 fully saturated rings. The number of anilines is 2. The van der Waals surface area contributed by atoms with E-state index in [9.17, 15) is 9.59 Å². The molecule has 0 bridgehead atoms. The van der Waals surface area contributed by atoms with Crippen LogP contribution >= 0.6 is 0 Å². The second-order valence-electron chi connectivity index (χ2n) is 4.82. The zero-order chi connectivity index (χ0) is 15.4. The molecule has 0 atom stereocenters. The second-order valence-corrected chi connectivity index (χ2v) is 4.82. The lowest BCUT2D eigenvalue weighted by atomic mass is 10.1. The summed E-state index contributed by atoms with van der Waals surface area (Å²) < 4.78 is 0. The normalized spacial score (nSPS) is 10.0. The van der Waals surface area contributed by atoms with Gasteiger partial charge in [0.15, 0.2) is 0 Å². The standard InChI is InChI=1S/C16H17N3O2/c1-10-3-6-14(9-11(10)2)19-16(21)18-13-7-4-12(5-8-13)15(17)20/h3-9H,1-2H3,(H2,17,20)(H2,18,19,21). The van der Waals surface area contributed by atoms with Crippen molar-refractivity contribution >= 4 is 23.3 Å². The molecule has 3 amide bonds. The van der Waals surface area contributed by atoms with Crippen molar-refractivity contribution in [2.75, 3.05) is 10.6 Å². The van der Waals surface area contributed by atoms with Crippen LogP contribution in [0.1, 0.15) is 21.5 Å². The summed E-state index contributed by atoms with van der Waals surface area (Å²) in [6.45, 7) is 4.00. The van der Waals surface area contributed by atoms with Gasteiger partial charge in [0.25, 0.3) is 0 Å². The monoisotopic (exact) mass is 283 g/mol. The van der Waals surface area contributed by atoms with Gasteiger partial charge in [0, 0.05) is 16.9 Å². The molecular formula is C16H17N3O2. The number of nitrogens with one attached hydrogen (secondary N) is 2. The molecule has 21 heavy (non-hydrogen) atoms. The maximum absolute atomic E-state index is 11.9. The molecule has 0 aliphatic heterocycles. The molecule has 0 saturated carbocycles. The minimum absolute atomic E-state index is 0.343. The number of nitrogens with two attached hydrogens (primary N) is 1. The lowest BCUT2D eigenvalue weighted by Gasteiger charge is -2.09. The molecule has 2 aromatic carbocycles. The Kier molecular flexibility index (Phi) is 4.23. The number of benzene rings is 2. The Morgan fingerprint density at radius 2 is 1.43 bits per heavy atom. The Bertz CT molecular complexity index is 678. The van der Waals surface area contributed by atoms with E-state index in [1.165, 1.54) is 5.56 Å². The number of hydrogen-bond acceptors (Lipinski definition) is 2. The van der Waals surface area contributed by atoms with Crippen LogP contribution in [-0.4, -0.2) is 11.9 Å². The summed E-state index contributed by atoms with van der Waals surface area (Å²) in [7, 11) is 0. The Morgan fingerprint density at radius 1 is 0.857 bits per heavy atom. The molecule has 2 aromatic rings. The van der Waals surface area contributed by atoms with Crippen LogP contribution < -0.4 is 16.4 Å². The van der Waals surface area contributed by atoms with Gasteiger partial charge >= 0.3 is 6.03 Å². The van der Waals surface area contributed by atoms with Crippen LogP contribution in [0.25, 0.3) is 0 Å². The van der Waals surface area contributed by atoms with Crippen LogP contribution in [0.3, 0.4) is 0 Å². The van der Waals surface area contributed by atoms with Crippen molar-refractivity contribution in [3.63, 3.8) is 0 Å². The first kappa shape index (κ1) is 14.6. The number of hydrogen-bond donors (Lipinski definition) is 3. The first-order valence-corrected chi connectivity index (χ1v) is 6.51. The number of carbonyl (C=O) groups is 2. The first-order chi connectivity index (χ1) is 9.95. The van der Waals surface area contributed by atoms with E-state index < -0.39 is 5.91 Å². The number of carbonyl (C=O) groups excluding carboxylic acids is 2. The van der Waals surface area contributed by atoms with Crippen molar-refractivity contribution in [3.05, 3.63) is 59.2 Å². The molecule has 0 radical (unpaired) electrons. The highest BCUT2D eigenvalue weighted by Gasteiger charge is 2.05. The maximum Gasteiger partial charge on any atom is 0.323 e. The first-order valence-electron chi connectivity index (χ1n) is 6.51. The van der Waals surface area contributed by atoms with Gasteiger partial charge in [-0.3, -0.25) is 4.79 Å². The van der Waals surface area contributed by atoms with E-state index in [0.29, 0.717) is 11.3 Å². The zero-order valence-electron chi connectivity index (χ0n) is 11.9. The van der Waals surface area contributed by atoms with Gasteiger partial charge in [0.2, 0.25) is 5.91 Å². The highest BCUT2D eigenvalue weighted by Crippen LogP contribution is 2.15. The summed E-state index contributed by atoms with van der Waals surface area (Å²) in [5, 5.41) is 5.44. The molecule has 0 spiro atoms. The van der Waals surface area contributed by atoms with Crippen molar-refractivity contribution < 1.29 is 9.59 Å². The van der Waals surface area contributed by atoms with E-state index in [1.807, 2.05) is 32.0 Å². The van der Waals surface area contributed by atoms with E-state index >= 15 is 0 Å². The summed E-state index contributed by atoms with van der Waals surface area (Å²) in [5.74, 6) is -0.499.